The zero-order valence-corrected chi connectivity index (χ0v) is 13.9. The molecule has 1 atom stereocenters. The molecule has 1 unspecified atom stereocenters. The summed E-state index contributed by atoms with van der Waals surface area (Å²) in [6.07, 6.45) is 2.47. The first-order chi connectivity index (χ1) is 11.4. The maximum atomic E-state index is 12.7. The smallest absolute Gasteiger partial charge is 0.331 e. The molecule has 8 nitrogen and oxygen atoms in total. The molecule has 1 fully saturated rings. The first-order valence-corrected chi connectivity index (χ1v) is 7.74. The Balaban J connectivity index is 1.85. The highest BCUT2D eigenvalue weighted by Gasteiger charge is 2.31. The van der Waals surface area contributed by atoms with E-state index in [-0.39, 0.29) is 17.5 Å². The number of aryl methyl sites for hydroxylation is 1. The molecule has 0 radical (unpaired) electrons. The summed E-state index contributed by atoms with van der Waals surface area (Å²) < 4.78 is 2.18. The highest BCUT2D eigenvalue weighted by Crippen LogP contribution is 2.25. The monoisotopic (exact) mass is 329 g/mol. The third-order valence-corrected chi connectivity index (χ3v) is 4.40. The Morgan fingerprint density at radius 2 is 2.00 bits per heavy atom. The van der Waals surface area contributed by atoms with Gasteiger partial charge in [-0.15, -0.1) is 0 Å². The van der Waals surface area contributed by atoms with Crippen LogP contribution in [-0.4, -0.2) is 43.0 Å². The standard InChI is InChI=1S/C16H19N5O3/c1-10-4-6-17-14(18-10)11-5-7-21(9-11)15(23)12-8-13(22)20(3)16(24)19(12)2/h4,6,8,11H,5,7,9H2,1-3H3. The molecule has 2 aromatic heterocycles. The molecule has 24 heavy (non-hydrogen) atoms. The lowest BCUT2D eigenvalue weighted by atomic mass is 10.1. The fourth-order valence-electron chi connectivity index (χ4n) is 2.92. The van der Waals surface area contributed by atoms with E-state index >= 15 is 0 Å². The van der Waals surface area contributed by atoms with Gasteiger partial charge in [0.25, 0.3) is 11.5 Å². The third kappa shape index (κ3) is 2.75. The van der Waals surface area contributed by atoms with Crippen molar-refractivity contribution in [3.8, 4) is 0 Å². The molecule has 0 spiro atoms. The van der Waals surface area contributed by atoms with E-state index in [1.165, 1.54) is 24.7 Å². The predicted molar refractivity (Wildman–Crippen MR) is 87.0 cm³/mol. The van der Waals surface area contributed by atoms with E-state index in [0.717, 1.165) is 22.5 Å². The van der Waals surface area contributed by atoms with Gasteiger partial charge in [-0.05, 0) is 19.4 Å². The van der Waals surface area contributed by atoms with Crippen LogP contribution in [0.3, 0.4) is 0 Å². The molecule has 1 aliphatic heterocycles. The molecule has 0 bridgehead atoms. The lowest BCUT2D eigenvalue weighted by Gasteiger charge is -2.18. The van der Waals surface area contributed by atoms with E-state index in [9.17, 15) is 14.4 Å². The number of amides is 1. The number of likely N-dealkylation sites (tertiary alicyclic amines) is 1. The van der Waals surface area contributed by atoms with Crippen LogP contribution in [0.2, 0.25) is 0 Å². The van der Waals surface area contributed by atoms with Crippen LogP contribution in [0.4, 0.5) is 0 Å². The van der Waals surface area contributed by atoms with Crippen molar-refractivity contribution in [2.24, 2.45) is 14.1 Å². The molecule has 0 aromatic carbocycles. The molecular formula is C16H19N5O3. The summed E-state index contributed by atoms with van der Waals surface area (Å²) >= 11 is 0. The quantitative estimate of drug-likeness (QED) is 0.762. The lowest BCUT2D eigenvalue weighted by molar-refractivity contribution is 0.0778. The molecule has 1 saturated heterocycles. The minimum Gasteiger partial charge on any atom is -0.337 e. The summed E-state index contributed by atoms with van der Waals surface area (Å²) in [5.74, 6) is 0.475. The number of aromatic nitrogens is 4. The highest BCUT2D eigenvalue weighted by molar-refractivity contribution is 5.92. The van der Waals surface area contributed by atoms with E-state index in [4.69, 9.17) is 0 Å². The molecule has 126 valence electrons. The second-order valence-corrected chi connectivity index (χ2v) is 6.06. The van der Waals surface area contributed by atoms with Crippen molar-refractivity contribution in [3.05, 3.63) is 56.4 Å². The van der Waals surface area contributed by atoms with E-state index in [0.29, 0.717) is 13.1 Å². The minimum atomic E-state index is -0.511. The van der Waals surface area contributed by atoms with Crippen molar-refractivity contribution in [3.63, 3.8) is 0 Å². The second kappa shape index (κ2) is 6.03. The number of rotatable bonds is 2. The SMILES string of the molecule is Cc1ccnc(C2CCN(C(=O)c3cc(=O)n(C)c(=O)n3C)C2)n1. The zero-order valence-electron chi connectivity index (χ0n) is 13.9. The van der Waals surface area contributed by atoms with Crippen molar-refractivity contribution >= 4 is 5.91 Å². The van der Waals surface area contributed by atoms with Crippen molar-refractivity contribution in [2.45, 2.75) is 19.3 Å². The van der Waals surface area contributed by atoms with Crippen molar-refractivity contribution in [1.29, 1.82) is 0 Å². The van der Waals surface area contributed by atoms with Crippen LogP contribution in [0.25, 0.3) is 0 Å². The van der Waals surface area contributed by atoms with Crippen molar-refractivity contribution in [1.82, 2.24) is 24.0 Å². The Kier molecular flexibility index (Phi) is 4.04. The largest absolute Gasteiger partial charge is 0.337 e. The van der Waals surface area contributed by atoms with Gasteiger partial charge in [0.1, 0.15) is 11.5 Å². The summed E-state index contributed by atoms with van der Waals surface area (Å²) in [5, 5.41) is 0. The average Bonchev–Trinajstić information content (AvgIpc) is 3.05. The summed E-state index contributed by atoms with van der Waals surface area (Å²) in [6.45, 7) is 2.93. The highest BCUT2D eigenvalue weighted by atomic mass is 16.2. The van der Waals surface area contributed by atoms with Crippen LogP contribution in [0, 0.1) is 6.92 Å². The molecule has 3 heterocycles. The fraction of sp³-hybridized carbons (Fsp3) is 0.438. The molecular weight excluding hydrogens is 310 g/mol. The summed E-state index contributed by atoms with van der Waals surface area (Å²) in [5.41, 5.74) is -0.00420. The van der Waals surface area contributed by atoms with Gasteiger partial charge in [-0.25, -0.2) is 14.8 Å². The van der Waals surface area contributed by atoms with E-state index in [2.05, 4.69) is 9.97 Å². The molecule has 0 saturated carbocycles. The Morgan fingerprint density at radius 1 is 1.25 bits per heavy atom. The predicted octanol–water partition coefficient (Wildman–Crippen LogP) is -0.188. The van der Waals surface area contributed by atoms with Gasteiger partial charge in [0.2, 0.25) is 0 Å². The van der Waals surface area contributed by atoms with Crippen LogP contribution in [0.15, 0.2) is 27.9 Å². The Hall–Kier alpha value is -2.77. The van der Waals surface area contributed by atoms with Gasteiger partial charge in [0, 0.05) is 51.1 Å². The minimum absolute atomic E-state index is 0.0671. The Morgan fingerprint density at radius 3 is 2.71 bits per heavy atom. The summed E-state index contributed by atoms with van der Waals surface area (Å²) in [6, 6.07) is 3.04. The van der Waals surface area contributed by atoms with Gasteiger partial charge in [-0.3, -0.25) is 18.7 Å². The zero-order chi connectivity index (χ0) is 17.4. The molecule has 2 aromatic rings. The van der Waals surface area contributed by atoms with Crippen molar-refractivity contribution in [2.75, 3.05) is 13.1 Å². The molecule has 0 N–H and O–H groups in total. The van der Waals surface area contributed by atoms with Crippen LogP contribution in [0.1, 0.15) is 34.3 Å². The van der Waals surface area contributed by atoms with E-state index in [1.807, 2.05) is 13.0 Å². The number of hydrogen-bond acceptors (Lipinski definition) is 5. The topological polar surface area (TPSA) is 90.1 Å². The second-order valence-electron chi connectivity index (χ2n) is 6.06. The normalized spacial score (nSPS) is 17.3. The van der Waals surface area contributed by atoms with Crippen LogP contribution >= 0.6 is 0 Å². The average molecular weight is 329 g/mol. The van der Waals surface area contributed by atoms with E-state index < -0.39 is 11.2 Å². The lowest BCUT2D eigenvalue weighted by Crippen LogP contribution is -2.42. The molecule has 1 amide bonds. The first kappa shape index (κ1) is 16.1. The number of carbonyl (C=O) groups excluding carboxylic acids is 1. The van der Waals surface area contributed by atoms with E-state index in [1.54, 1.807) is 11.1 Å². The molecule has 1 aliphatic rings. The third-order valence-electron chi connectivity index (χ3n) is 4.40. The first-order valence-electron chi connectivity index (χ1n) is 7.74. The maximum absolute atomic E-state index is 12.7. The Bertz CT molecular complexity index is 915. The van der Waals surface area contributed by atoms with Crippen LogP contribution in [0.5, 0.6) is 0 Å². The fourth-order valence-corrected chi connectivity index (χ4v) is 2.92. The summed E-state index contributed by atoms with van der Waals surface area (Å²) in [7, 11) is 2.88. The molecule has 3 rings (SSSR count). The molecule has 8 heteroatoms. The van der Waals surface area contributed by atoms with Gasteiger partial charge in [-0.2, -0.15) is 0 Å². The maximum Gasteiger partial charge on any atom is 0.331 e. The van der Waals surface area contributed by atoms with Gasteiger partial charge < -0.3 is 4.90 Å². The van der Waals surface area contributed by atoms with Gasteiger partial charge in [0.05, 0.1) is 0 Å². The van der Waals surface area contributed by atoms with Crippen LogP contribution < -0.4 is 11.2 Å². The number of hydrogen-bond donors (Lipinski definition) is 0. The van der Waals surface area contributed by atoms with Gasteiger partial charge in [0.15, 0.2) is 0 Å². The number of carbonyl (C=O) groups is 1. The van der Waals surface area contributed by atoms with Crippen LogP contribution in [-0.2, 0) is 14.1 Å². The van der Waals surface area contributed by atoms with Crippen molar-refractivity contribution < 1.29 is 4.79 Å². The van der Waals surface area contributed by atoms with Gasteiger partial charge >= 0.3 is 5.69 Å². The summed E-state index contributed by atoms with van der Waals surface area (Å²) in [4.78, 5) is 46.9. The Labute approximate surface area is 138 Å². The van der Waals surface area contributed by atoms with Gasteiger partial charge in [-0.1, -0.05) is 0 Å². The molecule has 0 aliphatic carbocycles. The number of nitrogens with zero attached hydrogens (tertiary/aromatic N) is 5.